The van der Waals surface area contributed by atoms with Crippen LogP contribution in [0.15, 0.2) is 60.0 Å². The summed E-state index contributed by atoms with van der Waals surface area (Å²) in [5.41, 5.74) is 1.71. The number of hydrogen-bond acceptors (Lipinski definition) is 4. The minimum atomic E-state index is -3.64. The third-order valence-corrected chi connectivity index (χ3v) is 5.35. The van der Waals surface area contributed by atoms with Gasteiger partial charge in [-0.1, -0.05) is 30.3 Å². The van der Waals surface area contributed by atoms with Gasteiger partial charge in [-0.05, 0) is 49.8 Å². The summed E-state index contributed by atoms with van der Waals surface area (Å²) in [6, 6.07) is 15.6. The van der Waals surface area contributed by atoms with Gasteiger partial charge in [0.2, 0.25) is 0 Å². The number of nitrogens with zero attached hydrogens (tertiary/aromatic N) is 1. The van der Waals surface area contributed by atoms with Gasteiger partial charge in [-0.2, -0.15) is 0 Å². The SMILES string of the molecule is C[C@@H]1CN(C(=O)c2ccc(NS(=O)(=O)/C=C/c3ccccc3)cc2)C[C@H](C)O1. The Balaban J connectivity index is 1.65. The van der Waals surface area contributed by atoms with Crippen molar-refractivity contribution in [2.75, 3.05) is 17.8 Å². The highest BCUT2D eigenvalue weighted by molar-refractivity contribution is 7.95. The van der Waals surface area contributed by atoms with Gasteiger partial charge in [0.05, 0.1) is 17.6 Å². The van der Waals surface area contributed by atoms with Crippen LogP contribution >= 0.6 is 0 Å². The molecule has 1 saturated heterocycles. The highest BCUT2D eigenvalue weighted by Gasteiger charge is 2.26. The normalized spacial score (nSPS) is 20.3. The molecule has 1 N–H and O–H groups in total. The Morgan fingerprint density at radius 2 is 1.64 bits per heavy atom. The summed E-state index contributed by atoms with van der Waals surface area (Å²) in [6.45, 7) is 4.97. The van der Waals surface area contributed by atoms with Crippen molar-refractivity contribution in [3.8, 4) is 0 Å². The van der Waals surface area contributed by atoms with E-state index in [-0.39, 0.29) is 18.1 Å². The number of sulfonamides is 1. The highest BCUT2D eigenvalue weighted by Crippen LogP contribution is 2.17. The maximum absolute atomic E-state index is 12.7. The summed E-state index contributed by atoms with van der Waals surface area (Å²) < 4.78 is 32.6. The second-order valence-electron chi connectivity index (χ2n) is 6.91. The second kappa shape index (κ2) is 8.58. The smallest absolute Gasteiger partial charge is 0.255 e. The van der Waals surface area contributed by atoms with Crippen LogP contribution in [-0.4, -0.2) is 44.5 Å². The number of morpholine rings is 1. The van der Waals surface area contributed by atoms with Gasteiger partial charge in [0.15, 0.2) is 0 Å². The number of hydrogen-bond donors (Lipinski definition) is 1. The van der Waals surface area contributed by atoms with Gasteiger partial charge in [-0.25, -0.2) is 8.42 Å². The Labute approximate surface area is 165 Å². The van der Waals surface area contributed by atoms with E-state index >= 15 is 0 Å². The Hall–Kier alpha value is -2.64. The minimum Gasteiger partial charge on any atom is -0.372 e. The van der Waals surface area contributed by atoms with E-state index in [9.17, 15) is 13.2 Å². The average molecular weight is 401 g/mol. The van der Waals surface area contributed by atoms with Gasteiger partial charge < -0.3 is 9.64 Å². The Morgan fingerprint density at radius 1 is 1.04 bits per heavy atom. The predicted molar refractivity (Wildman–Crippen MR) is 110 cm³/mol. The first-order chi connectivity index (χ1) is 13.3. The number of rotatable bonds is 5. The maximum atomic E-state index is 12.7. The molecule has 2 atom stereocenters. The van der Waals surface area contributed by atoms with Gasteiger partial charge >= 0.3 is 0 Å². The molecule has 28 heavy (non-hydrogen) atoms. The molecule has 1 heterocycles. The molecule has 2 aromatic rings. The summed E-state index contributed by atoms with van der Waals surface area (Å²) in [7, 11) is -3.64. The molecule has 1 aliphatic rings. The molecule has 1 fully saturated rings. The number of benzene rings is 2. The molecule has 0 radical (unpaired) electrons. The van der Waals surface area contributed by atoms with E-state index in [4.69, 9.17) is 4.74 Å². The molecule has 7 heteroatoms. The molecule has 0 unspecified atom stereocenters. The van der Waals surface area contributed by atoms with Crippen LogP contribution in [0.3, 0.4) is 0 Å². The van der Waals surface area contributed by atoms with Crippen molar-refractivity contribution in [1.29, 1.82) is 0 Å². The molecule has 0 aliphatic carbocycles. The van der Waals surface area contributed by atoms with Crippen molar-refractivity contribution in [2.24, 2.45) is 0 Å². The summed E-state index contributed by atoms with van der Waals surface area (Å²) >= 11 is 0. The fourth-order valence-electron chi connectivity index (χ4n) is 3.14. The molecular weight excluding hydrogens is 376 g/mol. The summed E-state index contributed by atoms with van der Waals surface area (Å²) in [5, 5.41) is 1.12. The van der Waals surface area contributed by atoms with Crippen LogP contribution in [-0.2, 0) is 14.8 Å². The Bertz CT molecular complexity index is 930. The highest BCUT2D eigenvalue weighted by atomic mass is 32.2. The molecule has 0 bridgehead atoms. The summed E-state index contributed by atoms with van der Waals surface area (Å²) in [4.78, 5) is 14.4. The van der Waals surface area contributed by atoms with Crippen molar-refractivity contribution in [3.05, 3.63) is 71.1 Å². The zero-order chi connectivity index (χ0) is 20.1. The van der Waals surface area contributed by atoms with Gasteiger partial charge in [0.1, 0.15) is 0 Å². The maximum Gasteiger partial charge on any atom is 0.255 e. The van der Waals surface area contributed by atoms with Crippen LogP contribution in [0.2, 0.25) is 0 Å². The average Bonchev–Trinajstić information content (AvgIpc) is 2.66. The van der Waals surface area contributed by atoms with Crippen molar-refractivity contribution < 1.29 is 17.9 Å². The van der Waals surface area contributed by atoms with Gasteiger partial charge in [-0.3, -0.25) is 9.52 Å². The van der Waals surface area contributed by atoms with Crippen LogP contribution in [0.4, 0.5) is 5.69 Å². The van der Waals surface area contributed by atoms with Crippen LogP contribution < -0.4 is 4.72 Å². The van der Waals surface area contributed by atoms with Crippen LogP contribution in [0.5, 0.6) is 0 Å². The number of amides is 1. The van der Waals surface area contributed by atoms with E-state index in [1.165, 1.54) is 6.08 Å². The zero-order valence-electron chi connectivity index (χ0n) is 15.9. The lowest BCUT2D eigenvalue weighted by molar-refractivity contribution is -0.0586. The summed E-state index contributed by atoms with van der Waals surface area (Å²) in [6.07, 6.45) is 1.52. The second-order valence-corrected chi connectivity index (χ2v) is 8.47. The van der Waals surface area contributed by atoms with E-state index in [1.54, 1.807) is 29.2 Å². The lowest BCUT2D eigenvalue weighted by atomic mass is 10.1. The quantitative estimate of drug-likeness (QED) is 0.835. The molecule has 2 aromatic carbocycles. The van der Waals surface area contributed by atoms with Gasteiger partial charge in [0.25, 0.3) is 15.9 Å². The van der Waals surface area contributed by atoms with E-state index in [1.807, 2.05) is 44.2 Å². The minimum absolute atomic E-state index is 0.00446. The van der Waals surface area contributed by atoms with E-state index in [2.05, 4.69) is 4.72 Å². The fraction of sp³-hybridized carbons (Fsp3) is 0.286. The van der Waals surface area contributed by atoms with Crippen LogP contribution in [0.1, 0.15) is 29.8 Å². The van der Waals surface area contributed by atoms with E-state index < -0.39 is 10.0 Å². The number of carbonyl (C=O) groups is 1. The van der Waals surface area contributed by atoms with Gasteiger partial charge in [-0.15, -0.1) is 0 Å². The van der Waals surface area contributed by atoms with Crippen LogP contribution in [0, 0.1) is 0 Å². The van der Waals surface area contributed by atoms with Crippen molar-refractivity contribution in [2.45, 2.75) is 26.1 Å². The Kier molecular flexibility index (Phi) is 6.16. The number of ether oxygens (including phenoxy) is 1. The first-order valence-corrected chi connectivity index (χ1v) is 10.7. The lowest BCUT2D eigenvalue weighted by Gasteiger charge is -2.35. The fourth-order valence-corrected chi connectivity index (χ4v) is 4.01. The van der Waals surface area contributed by atoms with Gasteiger partial charge in [0, 0.05) is 24.3 Å². The third-order valence-electron chi connectivity index (χ3n) is 4.34. The number of nitrogens with one attached hydrogen (secondary N) is 1. The van der Waals surface area contributed by atoms with Crippen LogP contribution in [0.25, 0.3) is 6.08 Å². The van der Waals surface area contributed by atoms with Crippen molar-refractivity contribution >= 4 is 27.7 Å². The number of anilines is 1. The topological polar surface area (TPSA) is 75.7 Å². The largest absolute Gasteiger partial charge is 0.372 e. The molecule has 0 aromatic heterocycles. The molecule has 0 spiro atoms. The molecule has 0 saturated carbocycles. The molecular formula is C21H24N2O4S. The van der Waals surface area contributed by atoms with Crippen molar-refractivity contribution in [3.63, 3.8) is 0 Å². The molecule has 1 amide bonds. The molecule has 6 nitrogen and oxygen atoms in total. The standard InChI is InChI=1S/C21H24N2O4S/c1-16-14-23(15-17(2)27-16)21(24)19-8-10-20(11-9-19)22-28(25,26)13-12-18-6-4-3-5-7-18/h3-13,16-17,22H,14-15H2,1-2H3/b13-12+/t16-,17+. The molecule has 148 valence electrons. The number of carbonyl (C=O) groups excluding carboxylic acids is 1. The van der Waals surface area contributed by atoms with E-state index in [0.717, 1.165) is 11.0 Å². The first-order valence-electron chi connectivity index (χ1n) is 9.13. The monoisotopic (exact) mass is 400 g/mol. The molecule has 3 rings (SSSR count). The lowest BCUT2D eigenvalue weighted by Crippen LogP contribution is -2.48. The molecule has 1 aliphatic heterocycles. The van der Waals surface area contributed by atoms with Crippen molar-refractivity contribution in [1.82, 2.24) is 4.90 Å². The predicted octanol–water partition coefficient (Wildman–Crippen LogP) is 3.35. The van der Waals surface area contributed by atoms with E-state index in [0.29, 0.717) is 24.3 Å². The first kappa shape index (κ1) is 20.1. The Morgan fingerprint density at radius 3 is 2.25 bits per heavy atom. The summed E-state index contributed by atoms with van der Waals surface area (Å²) in [5.74, 6) is -0.0830. The third kappa shape index (κ3) is 5.43. The zero-order valence-corrected chi connectivity index (χ0v) is 16.7.